The molecule has 1 aliphatic carbocycles. The molecule has 2 fully saturated rings. The zero-order valence-electron chi connectivity index (χ0n) is 16.5. The van der Waals surface area contributed by atoms with Gasteiger partial charge >= 0.3 is 0 Å². The molecule has 3 rings (SSSR count). The molecule has 1 aromatic heterocycles. The van der Waals surface area contributed by atoms with Gasteiger partial charge in [-0.05, 0) is 43.2 Å². The van der Waals surface area contributed by atoms with Crippen molar-refractivity contribution in [3.63, 3.8) is 0 Å². The average Bonchev–Trinajstić information content (AvgIpc) is 2.57. The van der Waals surface area contributed by atoms with Crippen molar-refractivity contribution < 1.29 is 13.2 Å². The summed E-state index contributed by atoms with van der Waals surface area (Å²) in [5.41, 5.74) is 0.691. The lowest BCUT2D eigenvalue weighted by Crippen LogP contribution is -2.59. The van der Waals surface area contributed by atoms with Gasteiger partial charge in [-0.3, -0.25) is 9.78 Å². The Morgan fingerprint density at radius 1 is 1.30 bits per heavy atom. The highest BCUT2D eigenvalue weighted by Gasteiger charge is 2.56. The molecule has 1 amide bonds. The van der Waals surface area contributed by atoms with Crippen molar-refractivity contribution in [2.75, 3.05) is 12.3 Å². The first-order valence-electron chi connectivity index (χ1n) is 9.74. The summed E-state index contributed by atoms with van der Waals surface area (Å²) >= 11 is 0. The van der Waals surface area contributed by atoms with E-state index in [1.54, 1.807) is 6.20 Å². The molecule has 1 spiro atoms. The van der Waals surface area contributed by atoms with E-state index < -0.39 is 20.0 Å². The molecule has 0 radical (unpaired) electrons. The van der Waals surface area contributed by atoms with Crippen LogP contribution in [0.15, 0.2) is 24.5 Å². The van der Waals surface area contributed by atoms with Crippen LogP contribution in [-0.4, -0.2) is 42.4 Å². The van der Waals surface area contributed by atoms with Gasteiger partial charge in [0.1, 0.15) is 0 Å². The first kappa shape index (κ1) is 20.3. The molecule has 1 saturated heterocycles. The maximum Gasteiger partial charge on any atom is 0.225 e. The van der Waals surface area contributed by atoms with E-state index in [-0.39, 0.29) is 23.6 Å². The molecule has 150 valence electrons. The van der Waals surface area contributed by atoms with Gasteiger partial charge in [-0.15, -0.1) is 0 Å². The van der Waals surface area contributed by atoms with E-state index in [0.29, 0.717) is 38.8 Å². The van der Waals surface area contributed by atoms with Crippen molar-refractivity contribution >= 4 is 15.7 Å². The lowest BCUT2D eigenvalue weighted by Gasteiger charge is -2.51. The number of carbonyl (C=O) groups is 1. The molecular weight excluding hydrogens is 362 g/mol. The number of hydrogen-bond donors (Lipinski definition) is 2. The van der Waals surface area contributed by atoms with E-state index in [2.05, 4.69) is 15.6 Å². The van der Waals surface area contributed by atoms with Gasteiger partial charge in [-0.2, -0.15) is 0 Å². The third-order valence-corrected chi connectivity index (χ3v) is 8.48. The highest BCUT2D eigenvalue weighted by Crippen LogP contribution is 2.50. The minimum atomic E-state index is -3.07. The second-order valence-corrected chi connectivity index (χ2v) is 11.7. The van der Waals surface area contributed by atoms with Crippen LogP contribution in [0.5, 0.6) is 0 Å². The third-order valence-electron chi connectivity index (χ3n) is 5.88. The van der Waals surface area contributed by atoms with Crippen molar-refractivity contribution in [2.24, 2.45) is 11.3 Å². The lowest BCUT2D eigenvalue weighted by atomic mass is 9.70. The Labute approximate surface area is 162 Å². The minimum absolute atomic E-state index is 0.0194. The molecule has 0 aromatic carbocycles. The van der Waals surface area contributed by atoms with E-state index in [1.807, 2.05) is 39.1 Å². The van der Waals surface area contributed by atoms with Gasteiger partial charge in [-0.1, -0.05) is 26.8 Å². The number of hydrogen-bond acceptors (Lipinski definition) is 5. The summed E-state index contributed by atoms with van der Waals surface area (Å²) in [7, 11) is -3.07. The summed E-state index contributed by atoms with van der Waals surface area (Å²) in [5.74, 6) is 0.521. The van der Waals surface area contributed by atoms with Gasteiger partial charge in [0.25, 0.3) is 0 Å². The Balaban J connectivity index is 1.54. The lowest BCUT2D eigenvalue weighted by molar-refractivity contribution is -0.128. The standard InChI is InChI=1S/C20H31N3O3S/c1-19(2,3)18(24)23-14-16-9-20(10-16)11-17(6-8-27(20,25)26)22-13-15-5-4-7-21-12-15/h4-5,7,12,16-17,22H,6,8-11,13-14H2,1-3H3,(H,23,24). The van der Waals surface area contributed by atoms with Crippen LogP contribution in [0.25, 0.3) is 0 Å². The summed E-state index contributed by atoms with van der Waals surface area (Å²) in [6.45, 7) is 6.93. The fourth-order valence-electron chi connectivity index (χ4n) is 4.19. The average molecular weight is 394 g/mol. The van der Waals surface area contributed by atoms with E-state index in [4.69, 9.17) is 0 Å². The number of pyridine rings is 1. The molecule has 0 bridgehead atoms. The summed E-state index contributed by atoms with van der Waals surface area (Å²) in [6.07, 6.45) is 6.23. The fraction of sp³-hybridized carbons (Fsp3) is 0.700. The molecule has 2 aliphatic rings. The van der Waals surface area contributed by atoms with Crippen LogP contribution >= 0.6 is 0 Å². The van der Waals surface area contributed by atoms with Crippen molar-refractivity contribution in [1.82, 2.24) is 15.6 Å². The molecular formula is C20H31N3O3S. The van der Waals surface area contributed by atoms with Crippen LogP contribution in [0.3, 0.4) is 0 Å². The second kappa shape index (κ2) is 7.51. The van der Waals surface area contributed by atoms with Crippen LogP contribution in [-0.2, 0) is 21.2 Å². The number of carbonyl (C=O) groups excluding carboxylic acids is 1. The predicted octanol–water partition coefficient (Wildman–Crippen LogP) is 2.06. The zero-order valence-corrected chi connectivity index (χ0v) is 17.3. The Kier molecular flexibility index (Phi) is 5.64. The third kappa shape index (κ3) is 4.51. The maximum atomic E-state index is 12.7. The SMILES string of the molecule is CC(C)(C)C(=O)NCC1CC2(C1)CC(NCc1cccnc1)CCS2(=O)=O. The monoisotopic (exact) mass is 393 g/mol. The van der Waals surface area contributed by atoms with Crippen molar-refractivity contribution in [2.45, 2.75) is 63.8 Å². The molecule has 1 aliphatic heterocycles. The number of nitrogens with zero attached hydrogens (tertiary/aromatic N) is 1. The van der Waals surface area contributed by atoms with Crippen LogP contribution < -0.4 is 10.6 Å². The number of sulfone groups is 1. The van der Waals surface area contributed by atoms with Gasteiger partial charge in [0.2, 0.25) is 5.91 Å². The van der Waals surface area contributed by atoms with Crippen molar-refractivity contribution in [3.05, 3.63) is 30.1 Å². The molecule has 6 nitrogen and oxygen atoms in total. The Morgan fingerprint density at radius 2 is 2.04 bits per heavy atom. The van der Waals surface area contributed by atoms with E-state index >= 15 is 0 Å². The normalized spacial score (nSPS) is 29.9. The quantitative estimate of drug-likeness (QED) is 0.799. The van der Waals surface area contributed by atoms with Crippen molar-refractivity contribution in [3.8, 4) is 0 Å². The molecule has 1 aromatic rings. The number of amides is 1. The van der Waals surface area contributed by atoms with Gasteiger partial charge < -0.3 is 10.6 Å². The van der Waals surface area contributed by atoms with Gasteiger partial charge in [0, 0.05) is 36.9 Å². The predicted molar refractivity (Wildman–Crippen MR) is 106 cm³/mol. The topological polar surface area (TPSA) is 88.2 Å². The van der Waals surface area contributed by atoms with Crippen LogP contribution in [0.4, 0.5) is 0 Å². The minimum Gasteiger partial charge on any atom is -0.355 e. The highest BCUT2D eigenvalue weighted by atomic mass is 32.2. The first-order chi connectivity index (χ1) is 12.6. The summed E-state index contributed by atoms with van der Waals surface area (Å²) < 4.78 is 24.8. The van der Waals surface area contributed by atoms with E-state index in [0.717, 1.165) is 5.56 Å². The number of nitrogens with one attached hydrogen (secondary N) is 2. The Morgan fingerprint density at radius 3 is 2.67 bits per heavy atom. The summed E-state index contributed by atoms with van der Waals surface area (Å²) in [4.78, 5) is 16.2. The number of rotatable bonds is 5. The van der Waals surface area contributed by atoms with Gasteiger partial charge in [0.15, 0.2) is 9.84 Å². The molecule has 27 heavy (non-hydrogen) atoms. The number of aromatic nitrogens is 1. The molecule has 1 saturated carbocycles. The summed E-state index contributed by atoms with van der Waals surface area (Å²) in [5, 5.41) is 6.49. The molecule has 7 heteroatoms. The zero-order chi connectivity index (χ0) is 19.7. The molecule has 1 unspecified atom stereocenters. The Bertz CT molecular complexity index is 765. The summed E-state index contributed by atoms with van der Waals surface area (Å²) in [6, 6.07) is 4.14. The maximum absolute atomic E-state index is 12.7. The molecule has 1 atom stereocenters. The van der Waals surface area contributed by atoms with E-state index in [1.165, 1.54) is 0 Å². The highest BCUT2D eigenvalue weighted by molar-refractivity contribution is 7.92. The fourth-order valence-corrected chi connectivity index (χ4v) is 6.65. The van der Waals surface area contributed by atoms with Crippen LogP contribution in [0.2, 0.25) is 0 Å². The molecule has 2 N–H and O–H groups in total. The van der Waals surface area contributed by atoms with Gasteiger partial charge in [0.05, 0.1) is 10.5 Å². The van der Waals surface area contributed by atoms with Crippen molar-refractivity contribution in [1.29, 1.82) is 0 Å². The van der Waals surface area contributed by atoms with E-state index in [9.17, 15) is 13.2 Å². The molecule has 2 heterocycles. The smallest absolute Gasteiger partial charge is 0.225 e. The van der Waals surface area contributed by atoms with Crippen LogP contribution in [0, 0.1) is 11.3 Å². The van der Waals surface area contributed by atoms with Gasteiger partial charge in [-0.25, -0.2) is 8.42 Å². The Hall–Kier alpha value is -1.47. The second-order valence-electron chi connectivity index (χ2n) is 9.17. The first-order valence-corrected chi connectivity index (χ1v) is 11.4. The van der Waals surface area contributed by atoms with Crippen LogP contribution in [0.1, 0.15) is 52.0 Å². The largest absolute Gasteiger partial charge is 0.355 e.